The Labute approximate surface area is 125 Å². The average molecular weight is 290 g/mol. The van der Waals surface area contributed by atoms with Gasteiger partial charge in [-0.1, -0.05) is 6.07 Å². The molecule has 114 valence electrons. The third-order valence-electron chi connectivity index (χ3n) is 3.22. The molecule has 1 aromatic rings. The third kappa shape index (κ3) is 4.18. The van der Waals surface area contributed by atoms with Gasteiger partial charge in [0.1, 0.15) is 5.82 Å². The number of rotatable bonds is 1. The Morgan fingerprint density at radius 1 is 1.14 bits per heavy atom. The molecule has 2 heterocycles. The van der Waals surface area contributed by atoms with Gasteiger partial charge < -0.3 is 15.1 Å². The van der Waals surface area contributed by atoms with Gasteiger partial charge in [-0.15, -0.1) is 0 Å². The molecule has 1 N–H and O–H groups in total. The molecule has 2 amide bonds. The molecule has 1 fully saturated rings. The second kappa shape index (κ2) is 6.11. The Balaban J connectivity index is 1.89. The number of anilines is 1. The first kappa shape index (κ1) is 15.3. The molecular formula is C15H22N4O2. The monoisotopic (exact) mass is 290 g/mol. The number of nitrogens with one attached hydrogen (secondary N) is 1. The Bertz CT molecular complexity index is 502. The SMILES string of the molecule is CC(C)(C)NC(=O)C(=O)N1CCN(c2ccccn2)CC1. The van der Waals surface area contributed by atoms with E-state index in [0.29, 0.717) is 26.2 Å². The first-order chi connectivity index (χ1) is 9.87. The van der Waals surface area contributed by atoms with E-state index in [4.69, 9.17) is 0 Å². The number of hydrogen-bond acceptors (Lipinski definition) is 4. The quantitative estimate of drug-likeness (QED) is 0.771. The van der Waals surface area contributed by atoms with Crippen molar-refractivity contribution in [2.24, 2.45) is 0 Å². The maximum absolute atomic E-state index is 12.1. The number of nitrogens with zero attached hydrogens (tertiary/aromatic N) is 3. The summed E-state index contributed by atoms with van der Waals surface area (Å²) in [5.41, 5.74) is -0.400. The number of carbonyl (C=O) groups excluding carboxylic acids is 2. The standard InChI is InChI=1S/C15H22N4O2/c1-15(2,3)17-13(20)14(21)19-10-8-18(9-11-19)12-6-4-5-7-16-12/h4-7H,8-11H2,1-3H3,(H,17,20). The summed E-state index contributed by atoms with van der Waals surface area (Å²) >= 11 is 0. The molecule has 0 aromatic carbocycles. The Kier molecular flexibility index (Phi) is 4.45. The van der Waals surface area contributed by atoms with Gasteiger partial charge >= 0.3 is 11.8 Å². The van der Waals surface area contributed by atoms with Crippen LogP contribution in [0, 0.1) is 0 Å². The second-order valence-corrected chi connectivity index (χ2v) is 6.17. The van der Waals surface area contributed by atoms with Crippen LogP contribution in [0.4, 0.5) is 5.82 Å². The summed E-state index contributed by atoms with van der Waals surface area (Å²) in [7, 11) is 0. The minimum absolute atomic E-state index is 0.400. The van der Waals surface area contributed by atoms with Crippen LogP contribution in [0.2, 0.25) is 0 Å². The van der Waals surface area contributed by atoms with Crippen molar-refractivity contribution in [3.8, 4) is 0 Å². The third-order valence-corrected chi connectivity index (χ3v) is 3.22. The van der Waals surface area contributed by atoms with Crippen LogP contribution in [-0.4, -0.2) is 53.4 Å². The van der Waals surface area contributed by atoms with E-state index in [0.717, 1.165) is 5.82 Å². The molecule has 2 rings (SSSR count). The first-order valence-electron chi connectivity index (χ1n) is 7.14. The zero-order valence-electron chi connectivity index (χ0n) is 12.8. The summed E-state index contributed by atoms with van der Waals surface area (Å²) < 4.78 is 0. The normalized spacial score (nSPS) is 15.8. The highest BCUT2D eigenvalue weighted by Crippen LogP contribution is 2.12. The van der Waals surface area contributed by atoms with Gasteiger partial charge in [0.25, 0.3) is 0 Å². The van der Waals surface area contributed by atoms with Crippen molar-refractivity contribution >= 4 is 17.6 Å². The molecule has 0 atom stereocenters. The zero-order valence-corrected chi connectivity index (χ0v) is 12.8. The van der Waals surface area contributed by atoms with Gasteiger partial charge in [0.15, 0.2) is 0 Å². The topological polar surface area (TPSA) is 65.5 Å². The van der Waals surface area contributed by atoms with Crippen molar-refractivity contribution in [1.82, 2.24) is 15.2 Å². The number of hydrogen-bond donors (Lipinski definition) is 1. The van der Waals surface area contributed by atoms with E-state index in [1.807, 2.05) is 39.0 Å². The average Bonchev–Trinajstić information content (AvgIpc) is 2.46. The molecule has 0 saturated carbocycles. The Hall–Kier alpha value is -2.11. The van der Waals surface area contributed by atoms with Crippen LogP contribution in [0.1, 0.15) is 20.8 Å². The Morgan fingerprint density at radius 2 is 1.81 bits per heavy atom. The van der Waals surface area contributed by atoms with Crippen molar-refractivity contribution in [2.45, 2.75) is 26.3 Å². The van der Waals surface area contributed by atoms with Crippen molar-refractivity contribution in [2.75, 3.05) is 31.1 Å². The van der Waals surface area contributed by atoms with E-state index in [1.54, 1.807) is 11.1 Å². The molecule has 0 spiro atoms. The molecule has 6 nitrogen and oxygen atoms in total. The molecule has 0 unspecified atom stereocenters. The van der Waals surface area contributed by atoms with Gasteiger partial charge in [-0.3, -0.25) is 9.59 Å². The lowest BCUT2D eigenvalue weighted by Crippen LogP contribution is -2.55. The van der Waals surface area contributed by atoms with Crippen LogP contribution in [0.3, 0.4) is 0 Å². The van der Waals surface area contributed by atoms with Gasteiger partial charge in [0, 0.05) is 37.9 Å². The van der Waals surface area contributed by atoms with Crippen molar-refractivity contribution < 1.29 is 9.59 Å². The van der Waals surface area contributed by atoms with E-state index in [1.165, 1.54) is 0 Å². The molecule has 21 heavy (non-hydrogen) atoms. The molecule has 0 aliphatic carbocycles. The van der Waals surface area contributed by atoms with Crippen molar-refractivity contribution in [3.05, 3.63) is 24.4 Å². The van der Waals surface area contributed by atoms with Crippen LogP contribution in [0.15, 0.2) is 24.4 Å². The highest BCUT2D eigenvalue weighted by Gasteiger charge is 2.28. The maximum Gasteiger partial charge on any atom is 0.312 e. The van der Waals surface area contributed by atoms with Gasteiger partial charge in [-0.25, -0.2) is 4.98 Å². The number of aromatic nitrogens is 1. The van der Waals surface area contributed by atoms with Crippen LogP contribution in [0.5, 0.6) is 0 Å². The summed E-state index contributed by atoms with van der Waals surface area (Å²) in [6.07, 6.45) is 1.75. The van der Waals surface area contributed by atoms with E-state index < -0.39 is 17.4 Å². The molecule has 1 saturated heterocycles. The van der Waals surface area contributed by atoms with E-state index in [-0.39, 0.29) is 0 Å². The minimum atomic E-state index is -0.534. The summed E-state index contributed by atoms with van der Waals surface area (Å²) in [6, 6.07) is 5.76. The lowest BCUT2D eigenvalue weighted by atomic mass is 10.1. The predicted molar refractivity (Wildman–Crippen MR) is 80.9 cm³/mol. The fourth-order valence-corrected chi connectivity index (χ4v) is 2.22. The maximum atomic E-state index is 12.1. The summed E-state index contributed by atoms with van der Waals surface area (Å²) in [4.78, 5) is 32.0. The smallest absolute Gasteiger partial charge is 0.312 e. The van der Waals surface area contributed by atoms with E-state index >= 15 is 0 Å². The minimum Gasteiger partial charge on any atom is -0.353 e. The molecular weight excluding hydrogens is 268 g/mol. The summed E-state index contributed by atoms with van der Waals surface area (Å²) in [6.45, 7) is 8.02. The Morgan fingerprint density at radius 3 is 2.33 bits per heavy atom. The van der Waals surface area contributed by atoms with Crippen LogP contribution < -0.4 is 10.2 Å². The fourth-order valence-electron chi connectivity index (χ4n) is 2.22. The predicted octanol–water partition coefficient (Wildman–Crippen LogP) is 0.645. The molecule has 1 aliphatic heterocycles. The van der Waals surface area contributed by atoms with Crippen molar-refractivity contribution in [3.63, 3.8) is 0 Å². The lowest BCUT2D eigenvalue weighted by Gasteiger charge is -2.35. The summed E-state index contributed by atoms with van der Waals surface area (Å²) in [5.74, 6) is -0.0804. The number of pyridine rings is 1. The molecule has 1 aliphatic rings. The van der Waals surface area contributed by atoms with Crippen molar-refractivity contribution in [1.29, 1.82) is 0 Å². The van der Waals surface area contributed by atoms with Gasteiger partial charge in [-0.2, -0.15) is 0 Å². The van der Waals surface area contributed by atoms with Crippen LogP contribution in [-0.2, 0) is 9.59 Å². The van der Waals surface area contributed by atoms with Gasteiger partial charge in [0.05, 0.1) is 0 Å². The van der Waals surface area contributed by atoms with Crippen LogP contribution >= 0.6 is 0 Å². The highest BCUT2D eigenvalue weighted by atomic mass is 16.2. The molecule has 1 aromatic heterocycles. The zero-order chi connectivity index (χ0) is 15.5. The molecule has 0 radical (unpaired) electrons. The van der Waals surface area contributed by atoms with E-state index in [2.05, 4.69) is 15.2 Å². The van der Waals surface area contributed by atoms with Crippen LogP contribution in [0.25, 0.3) is 0 Å². The number of amides is 2. The largest absolute Gasteiger partial charge is 0.353 e. The van der Waals surface area contributed by atoms with E-state index in [9.17, 15) is 9.59 Å². The summed E-state index contributed by atoms with van der Waals surface area (Å²) in [5, 5.41) is 2.70. The van der Waals surface area contributed by atoms with Gasteiger partial charge in [-0.05, 0) is 32.9 Å². The lowest BCUT2D eigenvalue weighted by molar-refractivity contribution is -0.146. The van der Waals surface area contributed by atoms with Gasteiger partial charge in [0.2, 0.25) is 0 Å². The molecule has 6 heteroatoms. The number of carbonyl (C=O) groups is 2. The highest BCUT2D eigenvalue weighted by molar-refractivity contribution is 6.35. The second-order valence-electron chi connectivity index (χ2n) is 6.17. The first-order valence-corrected chi connectivity index (χ1v) is 7.14. The molecule has 0 bridgehead atoms. The number of piperazine rings is 1. The fraction of sp³-hybridized carbons (Fsp3) is 0.533.